The standard InChI is InChI=1S/C14H10N2O4S/c17-11-6-8-5-7(1-2-9(8)15-11)13(18)16-10-3-4-21-12(10)14(19)20/h1-5H,6H2,(H,15,17)(H,16,18)(H,19,20). The third kappa shape index (κ3) is 2.50. The normalized spacial score (nSPS) is 12.7. The third-order valence-corrected chi connectivity index (χ3v) is 4.00. The average molecular weight is 302 g/mol. The van der Waals surface area contributed by atoms with Crippen LogP contribution in [0.3, 0.4) is 0 Å². The molecule has 0 saturated carbocycles. The van der Waals surface area contributed by atoms with Gasteiger partial charge in [0, 0.05) is 11.3 Å². The molecule has 0 aliphatic carbocycles. The van der Waals surface area contributed by atoms with E-state index in [0.29, 0.717) is 11.3 Å². The third-order valence-electron chi connectivity index (χ3n) is 3.10. The number of hydrogen-bond acceptors (Lipinski definition) is 4. The van der Waals surface area contributed by atoms with E-state index < -0.39 is 11.9 Å². The Morgan fingerprint density at radius 1 is 1.29 bits per heavy atom. The van der Waals surface area contributed by atoms with E-state index >= 15 is 0 Å². The van der Waals surface area contributed by atoms with Crippen LogP contribution in [0.2, 0.25) is 0 Å². The van der Waals surface area contributed by atoms with Gasteiger partial charge in [0.25, 0.3) is 5.91 Å². The van der Waals surface area contributed by atoms with Crippen LogP contribution in [0.15, 0.2) is 29.6 Å². The first-order valence-corrected chi connectivity index (χ1v) is 6.97. The highest BCUT2D eigenvalue weighted by atomic mass is 32.1. The van der Waals surface area contributed by atoms with Crippen molar-refractivity contribution >= 4 is 40.5 Å². The SMILES string of the molecule is O=C1Cc2cc(C(=O)Nc3ccsc3C(=O)O)ccc2N1. The zero-order valence-electron chi connectivity index (χ0n) is 10.7. The molecule has 0 spiro atoms. The Morgan fingerprint density at radius 3 is 2.86 bits per heavy atom. The highest BCUT2D eigenvalue weighted by Crippen LogP contribution is 2.26. The van der Waals surface area contributed by atoms with Gasteiger partial charge in [-0.15, -0.1) is 11.3 Å². The molecule has 0 atom stereocenters. The molecule has 1 aliphatic heterocycles. The molecule has 1 aromatic carbocycles. The molecule has 3 N–H and O–H groups in total. The van der Waals surface area contributed by atoms with Crippen LogP contribution in [0.5, 0.6) is 0 Å². The number of benzene rings is 1. The minimum Gasteiger partial charge on any atom is -0.477 e. The van der Waals surface area contributed by atoms with Crippen LogP contribution in [0.25, 0.3) is 0 Å². The molecule has 0 saturated heterocycles. The number of thiophene rings is 1. The monoisotopic (exact) mass is 302 g/mol. The van der Waals surface area contributed by atoms with Crippen LogP contribution in [-0.4, -0.2) is 22.9 Å². The van der Waals surface area contributed by atoms with Crippen molar-refractivity contribution in [2.45, 2.75) is 6.42 Å². The van der Waals surface area contributed by atoms with Crippen molar-refractivity contribution in [2.24, 2.45) is 0 Å². The second kappa shape index (κ2) is 5.02. The van der Waals surface area contributed by atoms with Crippen molar-refractivity contribution < 1.29 is 19.5 Å². The number of amides is 2. The molecule has 0 unspecified atom stereocenters. The second-order valence-electron chi connectivity index (χ2n) is 4.52. The summed E-state index contributed by atoms with van der Waals surface area (Å²) in [5, 5.41) is 15.9. The number of hydrogen-bond donors (Lipinski definition) is 3. The second-order valence-corrected chi connectivity index (χ2v) is 5.44. The molecular weight excluding hydrogens is 292 g/mol. The lowest BCUT2D eigenvalue weighted by Crippen LogP contribution is -2.13. The summed E-state index contributed by atoms with van der Waals surface area (Å²) in [5.41, 5.74) is 2.12. The van der Waals surface area contributed by atoms with Crippen molar-refractivity contribution in [2.75, 3.05) is 10.6 Å². The number of carboxylic acid groups (broad SMARTS) is 1. The van der Waals surface area contributed by atoms with E-state index in [9.17, 15) is 14.4 Å². The summed E-state index contributed by atoms with van der Waals surface area (Å²) in [7, 11) is 0. The molecule has 3 rings (SSSR count). The molecule has 0 fully saturated rings. The minimum absolute atomic E-state index is 0.0846. The van der Waals surface area contributed by atoms with E-state index in [0.717, 1.165) is 16.9 Å². The molecule has 7 heteroatoms. The fourth-order valence-electron chi connectivity index (χ4n) is 2.14. The Balaban J connectivity index is 1.83. The number of carbonyl (C=O) groups excluding carboxylic acids is 2. The van der Waals surface area contributed by atoms with E-state index in [2.05, 4.69) is 10.6 Å². The summed E-state index contributed by atoms with van der Waals surface area (Å²) < 4.78 is 0. The first-order chi connectivity index (χ1) is 10.0. The van der Waals surface area contributed by atoms with Gasteiger partial charge < -0.3 is 15.7 Å². The Kier molecular flexibility index (Phi) is 3.19. The van der Waals surface area contributed by atoms with E-state index in [1.54, 1.807) is 29.6 Å². The van der Waals surface area contributed by atoms with Gasteiger partial charge in [-0.2, -0.15) is 0 Å². The summed E-state index contributed by atoms with van der Waals surface area (Å²) in [6.45, 7) is 0. The highest BCUT2D eigenvalue weighted by Gasteiger charge is 2.20. The number of carboxylic acids is 1. The Morgan fingerprint density at radius 2 is 2.10 bits per heavy atom. The maximum atomic E-state index is 12.2. The number of aromatic carboxylic acids is 1. The predicted molar refractivity (Wildman–Crippen MR) is 78.0 cm³/mol. The number of nitrogens with one attached hydrogen (secondary N) is 2. The lowest BCUT2D eigenvalue weighted by Gasteiger charge is -2.06. The van der Waals surface area contributed by atoms with Crippen LogP contribution in [0.4, 0.5) is 11.4 Å². The summed E-state index contributed by atoms with van der Waals surface area (Å²) in [4.78, 5) is 34.5. The molecular formula is C14H10N2O4S. The van der Waals surface area contributed by atoms with E-state index in [-0.39, 0.29) is 22.9 Å². The summed E-state index contributed by atoms with van der Waals surface area (Å²) in [6, 6.07) is 6.44. The fraction of sp³-hybridized carbons (Fsp3) is 0.0714. The molecule has 2 aromatic rings. The molecule has 21 heavy (non-hydrogen) atoms. The minimum atomic E-state index is -1.08. The van der Waals surface area contributed by atoms with Crippen molar-refractivity contribution in [3.63, 3.8) is 0 Å². The zero-order chi connectivity index (χ0) is 15.0. The van der Waals surface area contributed by atoms with Gasteiger partial charge in [-0.25, -0.2) is 4.79 Å². The fourth-order valence-corrected chi connectivity index (χ4v) is 2.83. The molecule has 0 bridgehead atoms. The van der Waals surface area contributed by atoms with Gasteiger partial charge in [-0.05, 0) is 35.2 Å². The van der Waals surface area contributed by atoms with Gasteiger partial charge in [0.05, 0.1) is 12.1 Å². The number of rotatable bonds is 3. The Labute approximate surface area is 123 Å². The summed E-state index contributed by atoms with van der Waals surface area (Å²) >= 11 is 1.05. The van der Waals surface area contributed by atoms with Crippen LogP contribution < -0.4 is 10.6 Å². The first-order valence-electron chi connectivity index (χ1n) is 6.09. The van der Waals surface area contributed by atoms with Crippen LogP contribution >= 0.6 is 11.3 Å². The van der Waals surface area contributed by atoms with Crippen molar-refractivity contribution in [1.82, 2.24) is 0 Å². The van der Waals surface area contributed by atoms with Crippen molar-refractivity contribution in [1.29, 1.82) is 0 Å². The number of carbonyl (C=O) groups is 3. The van der Waals surface area contributed by atoms with Gasteiger partial charge >= 0.3 is 5.97 Å². The number of anilines is 2. The van der Waals surface area contributed by atoms with Crippen LogP contribution in [0, 0.1) is 0 Å². The maximum absolute atomic E-state index is 12.2. The van der Waals surface area contributed by atoms with Gasteiger partial charge in [0.15, 0.2) is 0 Å². The average Bonchev–Trinajstić information content (AvgIpc) is 3.02. The Hall–Kier alpha value is -2.67. The number of fused-ring (bicyclic) bond motifs is 1. The highest BCUT2D eigenvalue weighted by molar-refractivity contribution is 7.12. The maximum Gasteiger partial charge on any atom is 0.348 e. The first kappa shape index (κ1) is 13.3. The van der Waals surface area contributed by atoms with Gasteiger partial charge in [-0.3, -0.25) is 9.59 Å². The van der Waals surface area contributed by atoms with E-state index in [1.165, 1.54) is 0 Å². The van der Waals surface area contributed by atoms with Gasteiger partial charge in [0.1, 0.15) is 4.88 Å². The largest absolute Gasteiger partial charge is 0.477 e. The molecule has 0 radical (unpaired) electrons. The van der Waals surface area contributed by atoms with E-state index in [1.807, 2.05) is 0 Å². The van der Waals surface area contributed by atoms with Gasteiger partial charge in [-0.1, -0.05) is 0 Å². The van der Waals surface area contributed by atoms with Gasteiger partial charge in [0.2, 0.25) is 5.91 Å². The quantitative estimate of drug-likeness (QED) is 0.810. The van der Waals surface area contributed by atoms with Crippen LogP contribution in [0.1, 0.15) is 25.6 Å². The lowest BCUT2D eigenvalue weighted by molar-refractivity contribution is -0.115. The molecule has 6 nitrogen and oxygen atoms in total. The topological polar surface area (TPSA) is 95.5 Å². The molecule has 1 aliphatic rings. The smallest absolute Gasteiger partial charge is 0.348 e. The summed E-state index contributed by atoms with van der Waals surface area (Å²) in [5.74, 6) is -1.59. The zero-order valence-corrected chi connectivity index (χ0v) is 11.5. The Bertz CT molecular complexity index is 766. The lowest BCUT2D eigenvalue weighted by atomic mass is 10.1. The van der Waals surface area contributed by atoms with E-state index in [4.69, 9.17) is 5.11 Å². The molecule has 106 valence electrons. The van der Waals surface area contributed by atoms with Crippen LogP contribution in [-0.2, 0) is 11.2 Å². The van der Waals surface area contributed by atoms with Crippen molar-refractivity contribution in [3.8, 4) is 0 Å². The molecule has 2 amide bonds. The summed E-state index contributed by atoms with van der Waals surface area (Å²) in [6.07, 6.45) is 0.245. The molecule has 1 aromatic heterocycles. The predicted octanol–water partition coefficient (Wildman–Crippen LogP) is 2.19. The molecule has 2 heterocycles. The van der Waals surface area contributed by atoms with Crippen molar-refractivity contribution in [3.05, 3.63) is 45.6 Å².